The summed E-state index contributed by atoms with van der Waals surface area (Å²) in [5.74, 6) is 0.168. The number of aryl methyl sites for hydroxylation is 2. The fourth-order valence-corrected chi connectivity index (χ4v) is 4.41. The van der Waals surface area contributed by atoms with Crippen LogP contribution in [0.4, 0.5) is 0 Å². The van der Waals surface area contributed by atoms with Gasteiger partial charge in [-0.25, -0.2) is 4.98 Å². The lowest BCUT2D eigenvalue weighted by Gasteiger charge is -2.19. The number of thioether (sulfide) groups is 1. The van der Waals surface area contributed by atoms with Gasteiger partial charge >= 0.3 is 0 Å². The Bertz CT molecular complexity index is 492. The summed E-state index contributed by atoms with van der Waals surface area (Å²) in [5.41, 5.74) is 9.17. The highest BCUT2D eigenvalue weighted by molar-refractivity contribution is 7.99. The number of nitrogens with one attached hydrogen (secondary N) is 1. The minimum absolute atomic E-state index is 0.168. The standard InChI is InChI=1S/C15H21N3S/c16-14(17)12-9-10-5-1-4-8-13(10)18-15(12)19-11-6-2-3-7-11/h9,11H,1-8H2,(H3,16,17). The highest BCUT2D eigenvalue weighted by Gasteiger charge is 2.22. The number of rotatable bonds is 3. The molecule has 1 aromatic heterocycles. The number of nitrogen functional groups attached to an aromatic ring is 1. The second kappa shape index (κ2) is 5.53. The molecule has 4 heteroatoms. The minimum Gasteiger partial charge on any atom is -0.384 e. The fourth-order valence-electron chi connectivity index (χ4n) is 3.06. The van der Waals surface area contributed by atoms with Gasteiger partial charge in [-0.15, -0.1) is 11.8 Å². The number of hydrogen-bond acceptors (Lipinski definition) is 3. The third kappa shape index (κ3) is 2.78. The maximum absolute atomic E-state index is 7.79. The van der Waals surface area contributed by atoms with Crippen LogP contribution < -0.4 is 5.73 Å². The first-order valence-electron chi connectivity index (χ1n) is 7.28. The summed E-state index contributed by atoms with van der Waals surface area (Å²) in [4.78, 5) is 4.84. The van der Waals surface area contributed by atoms with Crippen LogP contribution in [0.2, 0.25) is 0 Å². The molecule has 1 saturated carbocycles. The van der Waals surface area contributed by atoms with E-state index in [2.05, 4.69) is 6.07 Å². The van der Waals surface area contributed by atoms with Crippen molar-refractivity contribution in [3.8, 4) is 0 Å². The zero-order chi connectivity index (χ0) is 13.2. The minimum atomic E-state index is 0.168. The third-order valence-electron chi connectivity index (χ3n) is 4.14. The van der Waals surface area contributed by atoms with Gasteiger partial charge in [0.1, 0.15) is 10.9 Å². The fraction of sp³-hybridized carbons (Fsp3) is 0.600. The lowest BCUT2D eigenvalue weighted by molar-refractivity contribution is 0.660. The summed E-state index contributed by atoms with van der Waals surface area (Å²) in [6, 6.07) is 2.13. The van der Waals surface area contributed by atoms with E-state index in [9.17, 15) is 0 Å². The molecular weight excluding hydrogens is 254 g/mol. The van der Waals surface area contributed by atoms with E-state index in [4.69, 9.17) is 16.1 Å². The average Bonchev–Trinajstić information content (AvgIpc) is 2.90. The van der Waals surface area contributed by atoms with Crippen LogP contribution in [-0.2, 0) is 12.8 Å². The van der Waals surface area contributed by atoms with E-state index in [1.54, 1.807) is 0 Å². The number of fused-ring (bicyclic) bond motifs is 1. The van der Waals surface area contributed by atoms with Crippen LogP contribution in [0.5, 0.6) is 0 Å². The summed E-state index contributed by atoms with van der Waals surface area (Å²) in [5, 5.41) is 9.47. The average molecular weight is 275 g/mol. The molecule has 0 unspecified atom stereocenters. The molecule has 1 heterocycles. The van der Waals surface area contributed by atoms with E-state index in [1.807, 2.05) is 11.8 Å². The monoisotopic (exact) mass is 275 g/mol. The molecule has 3 rings (SSSR count). The molecule has 102 valence electrons. The van der Waals surface area contributed by atoms with Gasteiger partial charge in [0, 0.05) is 16.5 Å². The SMILES string of the molecule is N=C(N)c1cc2c(nc1SC1CCCC1)CCCC2. The first-order valence-corrected chi connectivity index (χ1v) is 8.16. The molecule has 2 aliphatic carbocycles. The Morgan fingerprint density at radius 1 is 1.21 bits per heavy atom. The summed E-state index contributed by atoms with van der Waals surface area (Å²) in [6.45, 7) is 0. The molecule has 0 radical (unpaired) electrons. The Labute approximate surface area is 118 Å². The van der Waals surface area contributed by atoms with Crippen LogP contribution in [0, 0.1) is 5.41 Å². The zero-order valence-electron chi connectivity index (χ0n) is 11.2. The molecule has 1 fully saturated rings. The Morgan fingerprint density at radius 2 is 1.95 bits per heavy atom. The maximum Gasteiger partial charge on any atom is 0.125 e. The number of nitrogens with two attached hydrogens (primary N) is 1. The molecule has 0 atom stereocenters. The molecule has 0 bridgehead atoms. The molecule has 1 aromatic rings. The smallest absolute Gasteiger partial charge is 0.125 e. The summed E-state index contributed by atoms with van der Waals surface area (Å²) in [7, 11) is 0. The van der Waals surface area contributed by atoms with Crippen molar-refractivity contribution in [2.24, 2.45) is 5.73 Å². The van der Waals surface area contributed by atoms with Crippen molar-refractivity contribution in [2.45, 2.75) is 61.6 Å². The summed E-state index contributed by atoms with van der Waals surface area (Å²) < 4.78 is 0. The van der Waals surface area contributed by atoms with E-state index in [0.717, 1.165) is 23.4 Å². The van der Waals surface area contributed by atoms with Crippen LogP contribution in [0.3, 0.4) is 0 Å². The Balaban J connectivity index is 1.93. The van der Waals surface area contributed by atoms with Gasteiger partial charge in [-0.2, -0.15) is 0 Å². The molecule has 3 N–H and O–H groups in total. The Hall–Kier alpha value is -1.03. The maximum atomic E-state index is 7.79. The third-order valence-corrected chi connectivity index (χ3v) is 5.48. The van der Waals surface area contributed by atoms with Gasteiger partial charge in [0.25, 0.3) is 0 Å². The topological polar surface area (TPSA) is 62.8 Å². The van der Waals surface area contributed by atoms with Crippen LogP contribution in [0.25, 0.3) is 0 Å². The van der Waals surface area contributed by atoms with Crippen LogP contribution in [0.1, 0.15) is 55.3 Å². The van der Waals surface area contributed by atoms with E-state index in [-0.39, 0.29) is 5.84 Å². The molecule has 0 saturated heterocycles. The highest BCUT2D eigenvalue weighted by atomic mass is 32.2. The second-order valence-corrected chi connectivity index (χ2v) is 6.88. The van der Waals surface area contributed by atoms with Gasteiger partial charge in [-0.05, 0) is 50.2 Å². The Kier molecular flexibility index (Phi) is 3.78. The van der Waals surface area contributed by atoms with E-state index < -0.39 is 0 Å². The van der Waals surface area contributed by atoms with Gasteiger partial charge in [0.2, 0.25) is 0 Å². The van der Waals surface area contributed by atoms with Gasteiger partial charge in [0.05, 0.1) is 0 Å². The molecule has 2 aliphatic rings. The largest absolute Gasteiger partial charge is 0.384 e. The van der Waals surface area contributed by atoms with Crippen molar-refractivity contribution in [2.75, 3.05) is 0 Å². The molecule has 0 aromatic carbocycles. The van der Waals surface area contributed by atoms with Crippen LogP contribution in [-0.4, -0.2) is 16.1 Å². The number of pyridine rings is 1. The van der Waals surface area contributed by atoms with Crippen LogP contribution >= 0.6 is 11.8 Å². The predicted octanol–water partition coefficient (Wildman–Crippen LogP) is 3.28. The van der Waals surface area contributed by atoms with Crippen molar-refractivity contribution >= 4 is 17.6 Å². The Morgan fingerprint density at radius 3 is 2.68 bits per heavy atom. The van der Waals surface area contributed by atoms with Gasteiger partial charge in [-0.3, -0.25) is 5.41 Å². The van der Waals surface area contributed by atoms with Gasteiger partial charge in [-0.1, -0.05) is 12.8 Å². The summed E-state index contributed by atoms with van der Waals surface area (Å²) >= 11 is 1.85. The first-order chi connectivity index (χ1) is 9.24. The summed E-state index contributed by atoms with van der Waals surface area (Å²) in [6.07, 6.45) is 9.88. The lowest BCUT2D eigenvalue weighted by Crippen LogP contribution is -2.17. The second-order valence-electron chi connectivity index (χ2n) is 5.59. The molecule has 0 spiro atoms. The number of hydrogen-bond donors (Lipinski definition) is 2. The molecule has 19 heavy (non-hydrogen) atoms. The van der Waals surface area contributed by atoms with E-state index >= 15 is 0 Å². The van der Waals surface area contributed by atoms with Crippen molar-refractivity contribution < 1.29 is 0 Å². The van der Waals surface area contributed by atoms with Crippen LogP contribution in [0.15, 0.2) is 11.1 Å². The molecule has 3 nitrogen and oxygen atoms in total. The quantitative estimate of drug-likeness (QED) is 0.657. The number of amidine groups is 1. The first kappa shape index (κ1) is 13.0. The zero-order valence-corrected chi connectivity index (χ0v) is 12.1. The van der Waals surface area contributed by atoms with Crippen molar-refractivity contribution in [3.63, 3.8) is 0 Å². The molecular formula is C15H21N3S. The van der Waals surface area contributed by atoms with Gasteiger partial charge < -0.3 is 5.73 Å². The molecule has 0 aliphatic heterocycles. The van der Waals surface area contributed by atoms with Crippen molar-refractivity contribution in [1.29, 1.82) is 5.41 Å². The van der Waals surface area contributed by atoms with Gasteiger partial charge in [0.15, 0.2) is 0 Å². The highest BCUT2D eigenvalue weighted by Crippen LogP contribution is 2.36. The normalized spacial score (nSPS) is 19.4. The molecule has 0 amide bonds. The predicted molar refractivity (Wildman–Crippen MR) is 80.0 cm³/mol. The number of nitrogens with zero attached hydrogens (tertiary/aromatic N) is 1. The van der Waals surface area contributed by atoms with E-state index in [1.165, 1.54) is 49.8 Å². The van der Waals surface area contributed by atoms with Crippen molar-refractivity contribution in [1.82, 2.24) is 4.98 Å². The van der Waals surface area contributed by atoms with Crippen molar-refractivity contribution in [3.05, 3.63) is 22.9 Å². The number of aromatic nitrogens is 1. The lowest BCUT2D eigenvalue weighted by atomic mass is 9.95. The van der Waals surface area contributed by atoms with E-state index in [0.29, 0.717) is 5.25 Å².